The lowest BCUT2D eigenvalue weighted by atomic mass is 10.1. The third kappa shape index (κ3) is 5.72. The molecular weight excluding hydrogens is 388 g/mol. The molecule has 1 atom stereocenters. The Morgan fingerprint density at radius 1 is 0.968 bits per heavy atom. The molecule has 0 radical (unpaired) electrons. The zero-order chi connectivity index (χ0) is 22.4. The Hall–Kier alpha value is -3.60. The summed E-state index contributed by atoms with van der Waals surface area (Å²) in [4.78, 5) is 26.8. The molecule has 0 fully saturated rings. The van der Waals surface area contributed by atoms with E-state index in [1.807, 2.05) is 81.4 Å². The summed E-state index contributed by atoms with van der Waals surface area (Å²) in [7, 11) is 1.76. The van der Waals surface area contributed by atoms with Crippen LogP contribution in [0.25, 0.3) is 0 Å². The molecule has 5 nitrogen and oxygen atoms in total. The number of rotatable bonds is 7. The van der Waals surface area contributed by atoms with Gasteiger partial charge < -0.3 is 15.0 Å². The maximum Gasteiger partial charge on any atom is 0.260 e. The van der Waals surface area contributed by atoms with Crippen LogP contribution in [0.2, 0.25) is 0 Å². The predicted molar refractivity (Wildman–Crippen MR) is 123 cm³/mol. The van der Waals surface area contributed by atoms with Crippen molar-refractivity contribution >= 4 is 17.5 Å². The summed E-state index contributed by atoms with van der Waals surface area (Å²) in [5, 5.41) is 2.91. The number of amides is 2. The molecule has 0 aliphatic rings. The SMILES string of the molecule is Cc1ccc(OCC(=O)N(C)C(C)c2cccc(NC(=O)c3ccccc3)c2)c(C)c1. The summed E-state index contributed by atoms with van der Waals surface area (Å²) in [5.41, 5.74) is 4.36. The largest absolute Gasteiger partial charge is 0.484 e. The highest BCUT2D eigenvalue weighted by Crippen LogP contribution is 2.23. The smallest absolute Gasteiger partial charge is 0.260 e. The second kappa shape index (κ2) is 9.94. The number of hydrogen-bond donors (Lipinski definition) is 1. The Labute approximate surface area is 183 Å². The lowest BCUT2D eigenvalue weighted by Crippen LogP contribution is -2.33. The van der Waals surface area contributed by atoms with E-state index in [4.69, 9.17) is 4.74 Å². The van der Waals surface area contributed by atoms with E-state index in [0.717, 1.165) is 16.7 Å². The molecule has 5 heteroatoms. The number of carbonyl (C=O) groups excluding carboxylic acids is 2. The third-order valence-electron chi connectivity index (χ3n) is 5.32. The third-order valence-corrected chi connectivity index (χ3v) is 5.32. The van der Waals surface area contributed by atoms with Gasteiger partial charge in [0.15, 0.2) is 6.61 Å². The number of nitrogens with zero attached hydrogens (tertiary/aromatic N) is 1. The summed E-state index contributed by atoms with van der Waals surface area (Å²) in [6, 6.07) is 22.3. The molecule has 31 heavy (non-hydrogen) atoms. The van der Waals surface area contributed by atoms with Gasteiger partial charge in [-0.15, -0.1) is 0 Å². The van der Waals surface area contributed by atoms with E-state index in [0.29, 0.717) is 17.0 Å². The van der Waals surface area contributed by atoms with Crippen molar-refractivity contribution < 1.29 is 14.3 Å². The van der Waals surface area contributed by atoms with E-state index in [1.165, 1.54) is 0 Å². The fourth-order valence-corrected chi connectivity index (χ4v) is 3.31. The van der Waals surface area contributed by atoms with Gasteiger partial charge in [-0.2, -0.15) is 0 Å². The lowest BCUT2D eigenvalue weighted by Gasteiger charge is -2.26. The van der Waals surface area contributed by atoms with Crippen LogP contribution in [0.1, 0.15) is 40.0 Å². The van der Waals surface area contributed by atoms with E-state index >= 15 is 0 Å². The van der Waals surface area contributed by atoms with Crippen LogP contribution in [-0.2, 0) is 4.79 Å². The average molecular weight is 417 g/mol. The van der Waals surface area contributed by atoms with Crippen LogP contribution in [0, 0.1) is 13.8 Å². The Balaban J connectivity index is 1.63. The summed E-state index contributed by atoms with van der Waals surface area (Å²) >= 11 is 0. The summed E-state index contributed by atoms with van der Waals surface area (Å²) < 4.78 is 5.74. The number of nitrogens with one attached hydrogen (secondary N) is 1. The number of aryl methyl sites for hydroxylation is 2. The van der Waals surface area contributed by atoms with Gasteiger partial charge in [0.05, 0.1) is 6.04 Å². The second-order valence-corrected chi connectivity index (χ2v) is 7.68. The van der Waals surface area contributed by atoms with Crippen molar-refractivity contribution in [3.05, 3.63) is 95.1 Å². The molecule has 3 rings (SSSR count). The van der Waals surface area contributed by atoms with Gasteiger partial charge in [-0.1, -0.05) is 48.0 Å². The first-order valence-electron chi connectivity index (χ1n) is 10.3. The van der Waals surface area contributed by atoms with Crippen molar-refractivity contribution in [2.75, 3.05) is 19.0 Å². The van der Waals surface area contributed by atoms with E-state index in [1.54, 1.807) is 24.1 Å². The van der Waals surface area contributed by atoms with Gasteiger partial charge in [-0.05, 0) is 62.2 Å². The monoisotopic (exact) mass is 416 g/mol. The number of ether oxygens (including phenoxy) is 1. The van der Waals surface area contributed by atoms with Crippen molar-refractivity contribution in [3.8, 4) is 5.75 Å². The molecule has 0 saturated heterocycles. The quantitative estimate of drug-likeness (QED) is 0.579. The number of anilines is 1. The van der Waals surface area contributed by atoms with Crippen molar-refractivity contribution in [2.45, 2.75) is 26.8 Å². The number of benzene rings is 3. The summed E-state index contributed by atoms with van der Waals surface area (Å²) in [5.74, 6) is 0.425. The van der Waals surface area contributed by atoms with Crippen LogP contribution in [0.5, 0.6) is 5.75 Å². The molecule has 0 saturated carbocycles. The molecule has 2 amide bonds. The zero-order valence-corrected chi connectivity index (χ0v) is 18.4. The molecular formula is C26H28N2O3. The van der Waals surface area contributed by atoms with Crippen LogP contribution in [0.4, 0.5) is 5.69 Å². The molecule has 0 aromatic heterocycles. The summed E-state index contributed by atoms with van der Waals surface area (Å²) in [6.07, 6.45) is 0. The molecule has 3 aromatic rings. The minimum absolute atomic E-state index is 0.0326. The number of carbonyl (C=O) groups is 2. The minimum atomic E-state index is -0.177. The predicted octanol–water partition coefficient (Wildman–Crippen LogP) is 5.15. The van der Waals surface area contributed by atoms with Gasteiger partial charge in [0, 0.05) is 18.3 Å². The van der Waals surface area contributed by atoms with E-state index in [9.17, 15) is 9.59 Å². The van der Waals surface area contributed by atoms with Gasteiger partial charge in [-0.3, -0.25) is 9.59 Å². The lowest BCUT2D eigenvalue weighted by molar-refractivity contribution is -0.134. The summed E-state index contributed by atoms with van der Waals surface area (Å²) in [6.45, 7) is 5.91. The molecule has 1 unspecified atom stereocenters. The zero-order valence-electron chi connectivity index (χ0n) is 18.4. The first-order valence-corrected chi connectivity index (χ1v) is 10.3. The minimum Gasteiger partial charge on any atom is -0.484 e. The molecule has 0 heterocycles. The van der Waals surface area contributed by atoms with Crippen molar-refractivity contribution in [1.29, 1.82) is 0 Å². The van der Waals surface area contributed by atoms with Crippen molar-refractivity contribution in [1.82, 2.24) is 4.90 Å². The van der Waals surface area contributed by atoms with E-state index in [-0.39, 0.29) is 24.5 Å². The van der Waals surface area contributed by atoms with Crippen molar-refractivity contribution in [3.63, 3.8) is 0 Å². The Morgan fingerprint density at radius 2 is 1.71 bits per heavy atom. The molecule has 160 valence electrons. The van der Waals surface area contributed by atoms with Gasteiger partial charge in [0.25, 0.3) is 11.8 Å². The molecule has 1 N–H and O–H groups in total. The number of likely N-dealkylation sites (N-methyl/N-ethyl adjacent to an activating group) is 1. The van der Waals surface area contributed by atoms with Gasteiger partial charge >= 0.3 is 0 Å². The van der Waals surface area contributed by atoms with Gasteiger partial charge in [0.1, 0.15) is 5.75 Å². The molecule has 3 aromatic carbocycles. The molecule has 0 aliphatic carbocycles. The Bertz CT molecular complexity index is 1060. The molecule has 0 aliphatic heterocycles. The van der Waals surface area contributed by atoms with E-state index in [2.05, 4.69) is 5.32 Å². The first kappa shape index (κ1) is 22.1. The van der Waals surface area contributed by atoms with Crippen LogP contribution < -0.4 is 10.1 Å². The standard InChI is InChI=1S/C26H28N2O3/c1-18-13-14-24(19(2)15-18)31-17-25(29)28(4)20(3)22-11-8-12-23(16-22)27-26(30)21-9-6-5-7-10-21/h5-16,20H,17H2,1-4H3,(H,27,30). The maximum absolute atomic E-state index is 12.7. The fraction of sp³-hybridized carbons (Fsp3) is 0.231. The Morgan fingerprint density at radius 3 is 2.42 bits per heavy atom. The highest BCUT2D eigenvalue weighted by molar-refractivity contribution is 6.04. The van der Waals surface area contributed by atoms with Crippen LogP contribution in [0.3, 0.4) is 0 Å². The van der Waals surface area contributed by atoms with Gasteiger partial charge in [-0.25, -0.2) is 0 Å². The van der Waals surface area contributed by atoms with Crippen LogP contribution >= 0.6 is 0 Å². The molecule has 0 bridgehead atoms. The average Bonchev–Trinajstić information content (AvgIpc) is 2.78. The maximum atomic E-state index is 12.7. The highest BCUT2D eigenvalue weighted by Gasteiger charge is 2.19. The molecule has 0 spiro atoms. The Kier molecular flexibility index (Phi) is 7.08. The fourth-order valence-electron chi connectivity index (χ4n) is 3.31. The van der Waals surface area contributed by atoms with Gasteiger partial charge in [0.2, 0.25) is 0 Å². The second-order valence-electron chi connectivity index (χ2n) is 7.68. The van der Waals surface area contributed by atoms with Crippen LogP contribution in [0.15, 0.2) is 72.8 Å². The topological polar surface area (TPSA) is 58.6 Å². The van der Waals surface area contributed by atoms with E-state index < -0.39 is 0 Å². The number of hydrogen-bond acceptors (Lipinski definition) is 3. The van der Waals surface area contributed by atoms with Crippen molar-refractivity contribution in [2.24, 2.45) is 0 Å². The van der Waals surface area contributed by atoms with Crippen LogP contribution in [-0.4, -0.2) is 30.4 Å². The first-order chi connectivity index (χ1) is 14.8. The normalized spacial score (nSPS) is 11.5. The highest BCUT2D eigenvalue weighted by atomic mass is 16.5.